The fourth-order valence-electron chi connectivity index (χ4n) is 3.35. The zero-order valence-corrected chi connectivity index (χ0v) is 14.6. The Kier molecular flexibility index (Phi) is 3.75. The molecule has 25 heavy (non-hydrogen) atoms. The molecule has 1 saturated heterocycles. The first-order valence-corrected chi connectivity index (χ1v) is 9.71. The van der Waals surface area contributed by atoms with Crippen LogP contribution in [0.2, 0.25) is 0 Å². The molecule has 1 fully saturated rings. The quantitative estimate of drug-likeness (QED) is 0.789. The van der Waals surface area contributed by atoms with Crippen molar-refractivity contribution < 1.29 is 13.2 Å². The molecule has 0 N–H and O–H groups in total. The number of fused-ring (bicyclic) bond motifs is 1. The molecule has 0 bridgehead atoms. The number of hydrogen-bond acceptors (Lipinski definition) is 5. The average Bonchev–Trinajstić information content (AvgIpc) is 3.22. The maximum absolute atomic E-state index is 12.9. The predicted molar refractivity (Wildman–Crippen MR) is 91.5 cm³/mol. The first-order chi connectivity index (χ1) is 12.0. The van der Waals surface area contributed by atoms with Gasteiger partial charge in [0.05, 0.1) is 5.69 Å². The van der Waals surface area contributed by atoms with Gasteiger partial charge in [0.25, 0.3) is 0 Å². The summed E-state index contributed by atoms with van der Waals surface area (Å²) in [6.45, 7) is 2.65. The van der Waals surface area contributed by atoms with E-state index in [9.17, 15) is 13.2 Å². The Hall–Kier alpha value is -2.42. The summed E-state index contributed by atoms with van der Waals surface area (Å²) in [6, 6.07) is 7.08. The molecule has 1 atom stereocenters. The smallest absolute Gasteiger partial charge is 0.247 e. The molecule has 1 aromatic carbocycles. The molecule has 0 saturated carbocycles. The van der Waals surface area contributed by atoms with Crippen molar-refractivity contribution in [3.63, 3.8) is 0 Å². The van der Waals surface area contributed by atoms with E-state index in [0.29, 0.717) is 6.54 Å². The zero-order valence-electron chi connectivity index (χ0n) is 13.8. The van der Waals surface area contributed by atoms with Crippen LogP contribution in [-0.2, 0) is 21.2 Å². The lowest BCUT2D eigenvalue weighted by molar-refractivity contribution is -0.137. The van der Waals surface area contributed by atoms with Crippen LogP contribution in [0.25, 0.3) is 0 Å². The van der Waals surface area contributed by atoms with E-state index < -0.39 is 21.3 Å². The van der Waals surface area contributed by atoms with Crippen LogP contribution in [0.5, 0.6) is 0 Å². The van der Waals surface area contributed by atoms with E-state index in [-0.39, 0.29) is 19.0 Å². The SMILES string of the molecule is CC(C(=O)N1CC(S(=O)(=O)N2CCc3ccccc32)C1)n1cncn1. The molecule has 8 nitrogen and oxygen atoms in total. The highest BCUT2D eigenvalue weighted by molar-refractivity contribution is 7.93. The molecule has 0 spiro atoms. The topological polar surface area (TPSA) is 88.4 Å². The van der Waals surface area contributed by atoms with Crippen LogP contribution >= 0.6 is 0 Å². The molecule has 9 heteroatoms. The molecule has 2 aliphatic heterocycles. The van der Waals surface area contributed by atoms with Gasteiger partial charge < -0.3 is 4.90 Å². The molecule has 132 valence electrons. The van der Waals surface area contributed by atoms with Gasteiger partial charge in [0.2, 0.25) is 15.9 Å². The minimum atomic E-state index is -3.46. The summed E-state index contributed by atoms with van der Waals surface area (Å²) >= 11 is 0. The van der Waals surface area contributed by atoms with Gasteiger partial charge in [-0.15, -0.1) is 0 Å². The van der Waals surface area contributed by atoms with Crippen molar-refractivity contribution in [2.45, 2.75) is 24.6 Å². The molecular weight excluding hydrogens is 342 g/mol. The number of nitrogens with zero attached hydrogens (tertiary/aromatic N) is 5. The summed E-state index contributed by atoms with van der Waals surface area (Å²) in [5, 5.41) is 3.42. The number of anilines is 1. The maximum atomic E-state index is 12.9. The molecule has 1 aromatic heterocycles. The summed E-state index contributed by atoms with van der Waals surface area (Å²) in [5.74, 6) is -0.140. The third-order valence-corrected chi connectivity index (χ3v) is 7.06. The predicted octanol–water partition coefficient (Wildman–Crippen LogP) is 0.442. The van der Waals surface area contributed by atoms with E-state index in [4.69, 9.17) is 0 Å². The van der Waals surface area contributed by atoms with Crippen LogP contribution in [0, 0.1) is 0 Å². The fourth-order valence-corrected chi connectivity index (χ4v) is 5.25. The number of rotatable bonds is 4. The Morgan fingerprint density at radius 2 is 2.04 bits per heavy atom. The second-order valence-electron chi connectivity index (χ2n) is 6.41. The number of carbonyl (C=O) groups excluding carboxylic acids is 1. The Balaban J connectivity index is 1.44. The number of hydrogen-bond donors (Lipinski definition) is 0. The van der Waals surface area contributed by atoms with E-state index in [2.05, 4.69) is 10.1 Å². The van der Waals surface area contributed by atoms with Crippen LogP contribution in [0.15, 0.2) is 36.9 Å². The van der Waals surface area contributed by atoms with Crippen LogP contribution < -0.4 is 4.31 Å². The molecule has 1 amide bonds. The normalized spacial score (nSPS) is 18.8. The molecule has 0 aliphatic carbocycles. The van der Waals surface area contributed by atoms with E-state index in [1.165, 1.54) is 21.6 Å². The molecule has 0 radical (unpaired) electrons. The van der Waals surface area contributed by atoms with Gasteiger partial charge in [-0.25, -0.2) is 18.1 Å². The third-order valence-electron chi connectivity index (χ3n) is 4.92. The van der Waals surface area contributed by atoms with E-state index in [0.717, 1.165) is 17.7 Å². The van der Waals surface area contributed by atoms with Gasteiger partial charge in [0.1, 0.15) is 23.9 Å². The van der Waals surface area contributed by atoms with Crippen molar-refractivity contribution in [2.24, 2.45) is 0 Å². The lowest BCUT2D eigenvalue weighted by Gasteiger charge is -2.41. The number of carbonyl (C=O) groups is 1. The summed E-state index contributed by atoms with van der Waals surface area (Å²) in [5.41, 5.74) is 1.82. The minimum Gasteiger partial charge on any atom is -0.338 e. The number of amides is 1. The molecule has 2 aliphatic rings. The highest BCUT2D eigenvalue weighted by Gasteiger charge is 2.45. The van der Waals surface area contributed by atoms with Crippen LogP contribution in [-0.4, -0.2) is 58.9 Å². The summed E-state index contributed by atoms with van der Waals surface area (Å²) in [4.78, 5) is 17.8. The van der Waals surface area contributed by atoms with Crippen molar-refractivity contribution >= 4 is 21.6 Å². The van der Waals surface area contributed by atoms with Gasteiger partial charge in [-0.05, 0) is 25.0 Å². The Bertz CT molecular complexity index is 890. The fraction of sp³-hybridized carbons (Fsp3) is 0.438. The van der Waals surface area contributed by atoms with Crippen LogP contribution in [0.1, 0.15) is 18.5 Å². The second kappa shape index (κ2) is 5.83. The lowest BCUT2D eigenvalue weighted by Crippen LogP contribution is -2.60. The largest absolute Gasteiger partial charge is 0.338 e. The lowest BCUT2D eigenvalue weighted by atomic mass is 10.1. The van der Waals surface area contributed by atoms with Crippen molar-refractivity contribution in [3.05, 3.63) is 42.5 Å². The third kappa shape index (κ3) is 2.58. The number of aromatic nitrogens is 3. The first-order valence-electron chi connectivity index (χ1n) is 8.21. The van der Waals surface area contributed by atoms with Crippen molar-refractivity contribution in [1.29, 1.82) is 0 Å². The summed E-state index contributed by atoms with van der Waals surface area (Å²) < 4.78 is 28.8. The Labute approximate surface area is 146 Å². The highest BCUT2D eigenvalue weighted by atomic mass is 32.2. The van der Waals surface area contributed by atoms with E-state index >= 15 is 0 Å². The number of likely N-dealkylation sites (tertiary alicyclic amines) is 1. The second-order valence-corrected chi connectivity index (χ2v) is 8.55. The van der Waals surface area contributed by atoms with Crippen LogP contribution in [0.3, 0.4) is 0 Å². The minimum absolute atomic E-state index is 0.140. The van der Waals surface area contributed by atoms with Gasteiger partial charge in [0.15, 0.2) is 0 Å². The Morgan fingerprint density at radius 3 is 2.76 bits per heavy atom. The summed E-state index contributed by atoms with van der Waals surface area (Å²) in [7, 11) is -3.46. The highest BCUT2D eigenvalue weighted by Crippen LogP contribution is 2.33. The van der Waals surface area contributed by atoms with Gasteiger partial charge >= 0.3 is 0 Å². The molecular formula is C16H19N5O3S. The average molecular weight is 361 g/mol. The molecule has 3 heterocycles. The zero-order chi connectivity index (χ0) is 17.6. The summed E-state index contributed by atoms with van der Waals surface area (Å²) in [6.07, 6.45) is 3.59. The first kappa shape index (κ1) is 16.1. The number of sulfonamides is 1. The van der Waals surface area contributed by atoms with Gasteiger partial charge in [0, 0.05) is 19.6 Å². The van der Waals surface area contributed by atoms with Crippen molar-refractivity contribution in [1.82, 2.24) is 19.7 Å². The number of para-hydroxylation sites is 1. The van der Waals surface area contributed by atoms with Gasteiger partial charge in [-0.1, -0.05) is 18.2 Å². The molecule has 4 rings (SSSR count). The van der Waals surface area contributed by atoms with Crippen LogP contribution in [0.4, 0.5) is 5.69 Å². The van der Waals surface area contributed by atoms with E-state index in [1.54, 1.807) is 11.8 Å². The number of benzene rings is 1. The monoisotopic (exact) mass is 361 g/mol. The van der Waals surface area contributed by atoms with Crippen molar-refractivity contribution in [2.75, 3.05) is 23.9 Å². The molecule has 2 aromatic rings. The van der Waals surface area contributed by atoms with Crippen molar-refractivity contribution in [3.8, 4) is 0 Å². The van der Waals surface area contributed by atoms with Gasteiger partial charge in [-0.3, -0.25) is 9.10 Å². The standard InChI is InChI=1S/C16H19N5O3S/c1-12(20-11-17-10-18-20)16(22)19-8-14(9-19)25(23,24)21-7-6-13-4-2-3-5-15(13)21/h2-5,10-12,14H,6-9H2,1H3. The van der Waals surface area contributed by atoms with E-state index in [1.807, 2.05) is 24.3 Å². The maximum Gasteiger partial charge on any atom is 0.247 e. The van der Waals surface area contributed by atoms with Gasteiger partial charge in [-0.2, -0.15) is 5.10 Å². The molecule has 1 unspecified atom stereocenters. The Morgan fingerprint density at radius 1 is 1.28 bits per heavy atom.